The lowest BCUT2D eigenvalue weighted by Gasteiger charge is -2.19. The number of ether oxygens (including phenoxy) is 1. The van der Waals surface area contributed by atoms with Crippen molar-refractivity contribution in [2.45, 2.75) is 37.6 Å². The van der Waals surface area contributed by atoms with E-state index in [1.165, 1.54) is 30.6 Å². The number of amides is 1. The van der Waals surface area contributed by atoms with Crippen LogP contribution in [0.2, 0.25) is 0 Å². The molecule has 1 amide bonds. The van der Waals surface area contributed by atoms with Crippen LogP contribution in [-0.4, -0.2) is 44.3 Å². The lowest BCUT2D eigenvalue weighted by Crippen LogP contribution is -2.28. The Bertz CT molecular complexity index is 1180. The van der Waals surface area contributed by atoms with E-state index >= 15 is 0 Å². The number of carbonyl (C=O) groups excluding carboxylic acids is 1. The molecule has 1 heterocycles. The molecule has 0 spiro atoms. The number of unbranched alkanes of at least 4 members (excludes halogenated alkanes) is 1. The minimum Gasteiger partial charge on any atom is -0.495 e. The molecule has 3 aromatic rings. The van der Waals surface area contributed by atoms with Gasteiger partial charge in [0.1, 0.15) is 10.6 Å². The van der Waals surface area contributed by atoms with Crippen LogP contribution in [0, 0.1) is 6.92 Å². The van der Waals surface area contributed by atoms with Crippen LogP contribution in [0.1, 0.15) is 39.5 Å². The molecule has 0 saturated heterocycles. The van der Waals surface area contributed by atoms with Crippen molar-refractivity contribution >= 4 is 27.3 Å². The summed E-state index contributed by atoms with van der Waals surface area (Å²) in [6.45, 7) is 2.69. The van der Waals surface area contributed by atoms with Crippen LogP contribution in [0.25, 0.3) is 0 Å². The maximum Gasteiger partial charge on any atom is 0.251 e. The van der Waals surface area contributed by atoms with E-state index in [9.17, 15) is 13.2 Å². The summed E-state index contributed by atoms with van der Waals surface area (Å²) in [5.74, 6) is -0.116. The third-order valence-electron chi connectivity index (χ3n) is 5.13. The first kappa shape index (κ1) is 24.9. The molecule has 0 fully saturated rings. The summed E-state index contributed by atoms with van der Waals surface area (Å²) in [6, 6.07) is 13.8. The molecule has 1 N–H and O–H groups in total. The Morgan fingerprint density at radius 2 is 1.91 bits per heavy atom. The van der Waals surface area contributed by atoms with Gasteiger partial charge in [0, 0.05) is 36.8 Å². The third kappa shape index (κ3) is 6.63. The summed E-state index contributed by atoms with van der Waals surface area (Å²) in [6.07, 6.45) is 2.61. The monoisotopic (exact) mass is 487 g/mol. The van der Waals surface area contributed by atoms with Crippen LogP contribution in [0.5, 0.6) is 5.75 Å². The van der Waals surface area contributed by atoms with E-state index in [0.29, 0.717) is 6.54 Å². The molecule has 0 aliphatic heterocycles. The van der Waals surface area contributed by atoms with Crippen molar-refractivity contribution in [3.63, 3.8) is 0 Å². The van der Waals surface area contributed by atoms with Crippen molar-refractivity contribution < 1.29 is 17.9 Å². The number of carbonyl (C=O) groups is 1. The maximum absolute atomic E-state index is 13.2. The van der Waals surface area contributed by atoms with Crippen molar-refractivity contribution in [2.75, 3.05) is 20.7 Å². The summed E-state index contributed by atoms with van der Waals surface area (Å²) >= 11 is 1.65. The zero-order valence-corrected chi connectivity index (χ0v) is 20.7. The van der Waals surface area contributed by atoms with Gasteiger partial charge in [0.25, 0.3) is 5.91 Å². The molecule has 2 aromatic carbocycles. The molecule has 176 valence electrons. The summed E-state index contributed by atoms with van der Waals surface area (Å²) in [4.78, 5) is 17.1. The maximum atomic E-state index is 13.2. The molecule has 0 saturated carbocycles. The fourth-order valence-electron chi connectivity index (χ4n) is 3.34. The highest BCUT2D eigenvalue weighted by atomic mass is 32.2. The van der Waals surface area contributed by atoms with E-state index in [-0.39, 0.29) is 28.7 Å². The van der Waals surface area contributed by atoms with Gasteiger partial charge in [0.15, 0.2) is 0 Å². The summed E-state index contributed by atoms with van der Waals surface area (Å²) in [5, 5.41) is 6.00. The van der Waals surface area contributed by atoms with E-state index in [2.05, 4.69) is 10.3 Å². The minimum atomic E-state index is -3.87. The Labute approximate surface area is 199 Å². The number of hydrogen-bond acceptors (Lipinski definition) is 6. The fraction of sp³-hybridized carbons (Fsp3) is 0.333. The number of nitrogens with zero attached hydrogens (tertiary/aromatic N) is 2. The Balaban J connectivity index is 1.64. The van der Waals surface area contributed by atoms with E-state index < -0.39 is 10.0 Å². The zero-order chi connectivity index (χ0) is 23.8. The second-order valence-electron chi connectivity index (χ2n) is 7.71. The van der Waals surface area contributed by atoms with Crippen LogP contribution < -0.4 is 10.1 Å². The van der Waals surface area contributed by atoms with Gasteiger partial charge in [0.05, 0.1) is 12.1 Å². The van der Waals surface area contributed by atoms with E-state index in [4.69, 9.17) is 4.74 Å². The second kappa shape index (κ2) is 11.4. The van der Waals surface area contributed by atoms with Gasteiger partial charge < -0.3 is 10.1 Å². The Morgan fingerprint density at radius 3 is 2.58 bits per heavy atom. The van der Waals surface area contributed by atoms with Gasteiger partial charge in [-0.3, -0.25) is 4.79 Å². The minimum absolute atomic E-state index is 0.0322. The number of methoxy groups -OCH3 is 1. The normalized spacial score (nSPS) is 11.5. The Hall–Kier alpha value is -2.75. The Morgan fingerprint density at radius 1 is 1.15 bits per heavy atom. The number of aryl methyl sites for hydroxylation is 2. The zero-order valence-electron chi connectivity index (χ0n) is 19.1. The molecule has 0 aliphatic rings. The first-order valence-corrected chi connectivity index (χ1v) is 13.0. The van der Waals surface area contributed by atoms with E-state index in [1.54, 1.807) is 17.4 Å². The molecule has 9 heteroatoms. The number of benzene rings is 2. The third-order valence-corrected chi connectivity index (χ3v) is 7.98. The molecule has 0 aliphatic carbocycles. The van der Waals surface area contributed by atoms with Crippen molar-refractivity contribution in [3.8, 4) is 5.75 Å². The van der Waals surface area contributed by atoms with Crippen molar-refractivity contribution in [1.29, 1.82) is 0 Å². The molecule has 0 unspecified atom stereocenters. The fourth-order valence-corrected chi connectivity index (χ4v) is 5.49. The number of sulfonamides is 1. The lowest BCUT2D eigenvalue weighted by molar-refractivity contribution is 0.0952. The number of nitrogens with one attached hydrogen (secondary N) is 1. The van der Waals surface area contributed by atoms with Crippen LogP contribution in [-0.2, 0) is 23.0 Å². The molecule has 3 rings (SSSR count). The quantitative estimate of drug-likeness (QED) is 0.413. The average Bonchev–Trinajstić information content (AvgIpc) is 3.23. The van der Waals surface area contributed by atoms with Crippen LogP contribution >= 0.6 is 11.3 Å². The number of rotatable bonds is 11. The second-order valence-corrected chi connectivity index (χ2v) is 10.7. The summed E-state index contributed by atoms with van der Waals surface area (Å²) in [5.41, 5.74) is 2.17. The van der Waals surface area contributed by atoms with Gasteiger partial charge in [-0.25, -0.2) is 13.4 Å². The number of thiazole rings is 1. The van der Waals surface area contributed by atoms with Crippen LogP contribution in [0.15, 0.2) is 58.8 Å². The van der Waals surface area contributed by atoms with Gasteiger partial charge in [-0.15, -0.1) is 11.3 Å². The highest BCUT2D eigenvalue weighted by molar-refractivity contribution is 7.89. The number of aromatic nitrogens is 1. The van der Waals surface area contributed by atoms with Gasteiger partial charge in [0.2, 0.25) is 10.0 Å². The highest BCUT2D eigenvalue weighted by Gasteiger charge is 2.26. The first-order valence-electron chi connectivity index (χ1n) is 10.7. The molecule has 7 nitrogen and oxygen atoms in total. The molecular weight excluding hydrogens is 458 g/mol. The Kier molecular flexibility index (Phi) is 8.60. The summed E-state index contributed by atoms with van der Waals surface area (Å²) < 4.78 is 33.0. The van der Waals surface area contributed by atoms with Gasteiger partial charge in [-0.05, 0) is 49.9 Å². The topological polar surface area (TPSA) is 88.6 Å². The van der Waals surface area contributed by atoms with Gasteiger partial charge >= 0.3 is 0 Å². The predicted octanol–water partition coefficient (Wildman–Crippen LogP) is 4.03. The highest BCUT2D eigenvalue weighted by Crippen LogP contribution is 2.28. The molecule has 0 atom stereocenters. The molecule has 1 aromatic heterocycles. The largest absolute Gasteiger partial charge is 0.495 e. The van der Waals surface area contributed by atoms with Crippen LogP contribution in [0.4, 0.5) is 0 Å². The van der Waals surface area contributed by atoms with Crippen LogP contribution in [0.3, 0.4) is 0 Å². The molecule has 0 bridgehead atoms. The number of hydrogen-bond donors (Lipinski definition) is 1. The lowest BCUT2D eigenvalue weighted by atomic mass is 10.2. The smallest absolute Gasteiger partial charge is 0.251 e. The molecular formula is C24H29N3O4S2. The van der Waals surface area contributed by atoms with Gasteiger partial charge in [-0.1, -0.05) is 30.3 Å². The molecule has 33 heavy (non-hydrogen) atoms. The summed E-state index contributed by atoms with van der Waals surface area (Å²) in [7, 11) is -0.947. The standard InChI is InChI=1S/C24H29N3O4S2/c1-18-17-32-23(26-18)11-7-8-14-25-24(28)20-12-13-21(31-3)22(15-20)33(29,30)27(2)16-19-9-5-4-6-10-19/h4-6,9-10,12-13,15,17H,7-8,11,14,16H2,1-3H3,(H,25,28). The van der Waals surface area contributed by atoms with E-state index in [1.807, 2.05) is 42.6 Å². The van der Waals surface area contributed by atoms with E-state index in [0.717, 1.165) is 35.5 Å². The SMILES string of the molecule is COc1ccc(C(=O)NCCCCc2nc(C)cs2)cc1S(=O)(=O)N(C)Cc1ccccc1. The van der Waals surface area contributed by atoms with Crippen molar-refractivity contribution in [2.24, 2.45) is 0 Å². The molecule has 0 radical (unpaired) electrons. The first-order chi connectivity index (χ1) is 15.8. The van der Waals surface area contributed by atoms with Crippen molar-refractivity contribution in [1.82, 2.24) is 14.6 Å². The van der Waals surface area contributed by atoms with Crippen molar-refractivity contribution in [3.05, 3.63) is 75.7 Å². The predicted molar refractivity (Wildman–Crippen MR) is 130 cm³/mol. The average molecular weight is 488 g/mol. The van der Waals surface area contributed by atoms with Gasteiger partial charge in [-0.2, -0.15) is 4.31 Å².